The van der Waals surface area contributed by atoms with Gasteiger partial charge in [0.2, 0.25) is 0 Å². The number of nitrogens with one attached hydrogen (secondary N) is 1. The van der Waals surface area contributed by atoms with Crippen LogP contribution < -0.4 is 10.2 Å². The van der Waals surface area contributed by atoms with Crippen LogP contribution in [0, 0.1) is 0 Å². The van der Waals surface area contributed by atoms with Crippen LogP contribution in [-0.2, 0) is 6.54 Å². The van der Waals surface area contributed by atoms with Crippen LogP contribution in [0.5, 0.6) is 0 Å². The van der Waals surface area contributed by atoms with E-state index in [0.29, 0.717) is 6.54 Å². The van der Waals surface area contributed by atoms with Crippen LogP contribution in [0.15, 0.2) is 36.0 Å². The number of halogens is 1. The molecule has 0 aliphatic carbocycles. The molecule has 1 aliphatic rings. The second-order valence-electron chi connectivity index (χ2n) is 6.24. The van der Waals surface area contributed by atoms with E-state index in [0.717, 1.165) is 56.4 Å². The lowest BCUT2D eigenvalue weighted by Gasteiger charge is -2.21. The van der Waals surface area contributed by atoms with Crippen molar-refractivity contribution >= 4 is 35.8 Å². The molecule has 0 saturated carbocycles. The van der Waals surface area contributed by atoms with Gasteiger partial charge in [-0.25, -0.2) is 9.98 Å². The van der Waals surface area contributed by atoms with Crippen molar-refractivity contribution < 1.29 is 0 Å². The van der Waals surface area contributed by atoms with Crippen LogP contribution in [0.1, 0.15) is 38.2 Å². The quantitative estimate of drug-likeness (QED) is 0.213. The van der Waals surface area contributed by atoms with E-state index < -0.39 is 0 Å². The molecule has 140 valence electrons. The highest BCUT2D eigenvalue weighted by molar-refractivity contribution is 14.0. The average molecular weight is 457 g/mol. The van der Waals surface area contributed by atoms with E-state index in [1.165, 1.54) is 12.8 Å². The lowest BCUT2D eigenvalue weighted by molar-refractivity contribution is 0.470. The van der Waals surface area contributed by atoms with Crippen molar-refractivity contribution in [1.82, 2.24) is 15.2 Å². The number of anilines is 1. The summed E-state index contributed by atoms with van der Waals surface area (Å²) >= 11 is 0. The third-order valence-electron chi connectivity index (χ3n) is 4.25. The summed E-state index contributed by atoms with van der Waals surface area (Å²) in [6, 6.07) is 4.27. The molecule has 0 unspecified atom stereocenters. The van der Waals surface area contributed by atoms with E-state index in [-0.39, 0.29) is 24.0 Å². The van der Waals surface area contributed by atoms with Crippen LogP contribution in [0.3, 0.4) is 0 Å². The molecular formula is C19H32IN5. The molecule has 0 spiro atoms. The SMILES string of the molecule is C=CCCCN(C)C(=NCc1ccc(N2CCCC2)nc1)NCC.I. The van der Waals surface area contributed by atoms with Gasteiger partial charge >= 0.3 is 0 Å². The van der Waals surface area contributed by atoms with Crippen molar-refractivity contribution in [1.29, 1.82) is 0 Å². The van der Waals surface area contributed by atoms with Gasteiger partial charge < -0.3 is 15.1 Å². The molecule has 2 heterocycles. The Morgan fingerprint density at radius 1 is 1.40 bits per heavy atom. The summed E-state index contributed by atoms with van der Waals surface area (Å²) in [6.07, 6.45) is 8.60. The largest absolute Gasteiger partial charge is 0.357 e. The third-order valence-corrected chi connectivity index (χ3v) is 4.25. The molecule has 0 bridgehead atoms. The van der Waals surface area contributed by atoms with Gasteiger partial charge in [0.25, 0.3) is 0 Å². The predicted molar refractivity (Wildman–Crippen MR) is 118 cm³/mol. The van der Waals surface area contributed by atoms with Gasteiger partial charge in [-0.1, -0.05) is 12.1 Å². The number of aromatic nitrogens is 1. The highest BCUT2D eigenvalue weighted by Crippen LogP contribution is 2.17. The first-order chi connectivity index (χ1) is 11.7. The molecule has 1 fully saturated rings. The summed E-state index contributed by atoms with van der Waals surface area (Å²) in [5.74, 6) is 2.04. The van der Waals surface area contributed by atoms with Gasteiger partial charge in [0.1, 0.15) is 5.82 Å². The first-order valence-corrected chi connectivity index (χ1v) is 9.04. The van der Waals surface area contributed by atoms with E-state index in [4.69, 9.17) is 4.99 Å². The van der Waals surface area contributed by atoms with E-state index in [1.807, 2.05) is 12.3 Å². The van der Waals surface area contributed by atoms with Crippen LogP contribution in [0.25, 0.3) is 0 Å². The van der Waals surface area contributed by atoms with E-state index in [9.17, 15) is 0 Å². The summed E-state index contributed by atoms with van der Waals surface area (Å²) in [6.45, 7) is 10.6. The Balaban J connectivity index is 0.00000312. The number of pyridine rings is 1. The van der Waals surface area contributed by atoms with Crippen molar-refractivity contribution in [2.45, 2.75) is 39.2 Å². The molecule has 1 aromatic heterocycles. The van der Waals surface area contributed by atoms with Crippen molar-refractivity contribution in [2.24, 2.45) is 4.99 Å². The summed E-state index contributed by atoms with van der Waals surface area (Å²) in [7, 11) is 2.08. The maximum absolute atomic E-state index is 4.74. The second kappa shape index (κ2) is 12.1. The standard InChI is InChI=1S/C19H31N5.HI/c1-4-6-7-12-23(3)19(20-5-2)22-16-17-10-11-18(21-15-17)24-13-8-9-14-24;/h4,10-11,15H,1,5-9,12-14,16H2,2-3H3,(H,20,22);1H. The molecule has 1 aliphatic heterocycles. The average Bonchev–Trinajstić information content (AvgIpc) is 3.14. The van der Waals surface area contributed by atoms with Crippen LogP contribution >= 0.6 is 24.0 Å². The number of guanidine groups is 1. The Kier molecular flexibility index (Phi) is 10.5. The molecule has 2 rings (SSSR count). The zero-order valence-corrected chi connectivity index (χ0v) is 17.9. The van der Waals surface area contributed by atoms with Gasteiger partial charge in [0, 0.05) is 39.4 Å². The van der Waals surface area contributed by atoms with Crippen LogP contribution in [0.4, 0.5) is 5.82 Å². The van der Waals surface area contributed by atoms with E-state index in [2.05, 4.69) is 52.8 Å². The topological polar surface area (TPSA) is 43.8 Å². The maximum atomic E-state index is 4.74. The number of rotatable bonds is 8. The second-order valence-corrected chi connectivity index (χ2v) is 6.24. The molecule has 1 saturated heterocycles. The number of unbranched alkanes of at least 4 members (excludes halogenated alkanes) is 1. The molecular weight excluding hydrogens is 425 g/mol. The van der Waals surface area contributed by atoms with Crippen molar-refractivity contribution in [3.8, 4) is 0 Å². The van der Waals surface area contributed by atoms with E-state index >= 15 is 0 Å². The fourth-order valence-electron chi connectivity index (χ4n) is 2.86. The minimum Gasteiger partial charge on any atom is -0.357 e. The molecule has 0 amide bonds. The molecule has 6 heteroatoms. The van der Waals surface area contributed by atoms with E-state index in [1.54, 1.807) is 0 Å². The Bertz CT molecular complexity index is 523. The van der Waals surface area contributed by atoms with Gasteiger partial charge in [-0.05, 0) is 44.2 Å². The first-order valence-electron chi connectivity index (χ1n) is 9.04. The van der Waals surface area contributed by atoms with Gasteiger partial charge in [0.05, 0.1) is 6.54 Å². The zero-order valence-electron chi connectivity index (χ0n) is 15.6. The van der Waals surface area contributed by atoms with Crippen LogP contribution in [0.2, 0.25) is 0 Å². The monoisotopic (exact) mass is 457 g/mol. The molecule has 1 aromatic rings. The minimum atomic E-state index is 0. The molecule has 0 aromatic carbocycles. The molecule has 0 radical (unpaired) electrons. The summed E-state index contributed by atoms with van der Waals surface area (Å²) < 4.78 is 0. The highest BCUT2D eigenvalue weighted by Gasteiger charge is 2.13. The predicted octanol–water partition coefficient (Wildman–Crippen LogP) is 3.66. The Labute approximate surface area is 169 Å². The first kappa shape index (κ1) is 21.7. The lowest BCUT2D eigenvalue weighted by atomic mass is 10.3. The summed E-state index contributed by atoms with van der Waals surface area (Å²) in [5.41, 5.74) is 1.15. The third kappa shape index (κ3) is 7.22. The maximum Gasteiger partial charge on any atom is 0.193 e. The Morgan fingerprint density at radius 2 is 2.16 bits per heavy atom. The summed E-state index contributed by atoms with van der Waals surface area (Å²) in [4.78, 5) is 13.9. The van der Waals surface area contributed by atoms with Crippen molar-refractivity contribution in [2.75, 3.05) is 38.1 Å². The number of hydrogen-bond acceptors (Lipinski definition) is 3. The zero-order chi connectivity index (χ0) is 17.2. The fourth-order valence-corrected chi connectivity index (χ4v) is 2.86. The highest BCUT2D eigenvalue weighted by atomic mass is 127. The summed E-state index contributed by atoms with van der Waals surface area (Å²) in [5, 5.41) is 3.36. The number of allylic oxidation sites excluding steroid dienone is 1. The molecule has 5 nitrogen and oxygen atoms in total. The van der Waals surface area contributed by atoms with Crippen LogP contribution in [-0.4, -0.2) is 49.1 Å². The normalized spacial score (nSPS) is 14.2. The molecule has 25 heavy (non-hydrogen) atoms. The number of hydrogen-bond donors (Lipinski definition) is 1. The molecule has 1 N–H and O–H groups in total. The number of nitrogens with zero attached hydrogens (tertiary/aromatic N) is 4. The fraction of sp³-hybridized carbons (Fsp3) is 0.579. The Hall–Kier alpha value is -1.31. The smallest absolute Gasteiger partial charge is 0.193 e. The Morgan fingerprint density at radius 3 is 2.76 bits per heavy atom. The minimum absolute atomic E-state index is 0. The molecule has 0 atom stereocenters. The van der Waals surface area contributed by atoms with Gasteiger partial charge in [0.15, 0.2) is 5.96 Å². The number of aliphatic imine (C=N–C) groups is 1. The van der Waals surface area contributed by atoms with Gasteiger partial charge in [-0.15, -0.1) is 30.6 Å². The van der Waals surface area contributed by atoms with Gasteiger partial charge in [-0.3, -0.25) is 0 Å². The van der Waals surface area contributed by atoms with Crippen molar-refractivity contribution in [3.05, 3.63) is 36.5 Å². The van der Waals surface area contributed by atoms with Gasteiger partial charge in [-0.2, -0.15) is 0 Å². The van der Waals surface area contributed by atoms with Crippen molar-refractivity contribution in [3.63, 3.8) is 0 Å². The lowest BCUT2D eigenvalue weighted by Crippen LogP contribution is -2.39.